The molecule has 0 bridgehead atoms. The summed E-state index contributed by atoms with van der Waals surface area (Å²) in [6.45, 7) is 0. The monoisotopic (exact) mass is 241 g/mol. The van der Waals surface area contributed by atoms with Crippen LogP contribution >= 0.6 is 11.6 Å². The third kappa shape index (κ3) is 2.02. The molecule has 0 spiro atoms. The lowest BCUT2D eigenvalue weighted by molar-refractivity contribution is 0.601. The SMILES string of the molecule is C[S+]([O-])c1cc(=O)[nH]c2cc(Cl)ccc12. The number of fused-ring (bicyclic) bond motifs is 1. The van der Waals surface area contributed by atoms with Crippen LogP contribution in [0, 0.1) is 0 Å². The van der Waals surface area contributed by atoms with Crippen molar-refractivity contribution in [1.82, 2.24) is 4.98 Å². The van der Waals surface area contributed by atoms with Crippen molar-refractivity contribution >= 4 is 33.7 Å². The van der Waals surface area contributed by atoms with Crippen LogP contribution in [0.25, 0.3) is 10.9 Å². The van der Waals surface area contributed by atoms with E-state index in [1.54, 1.807) is 24.5 Å². The fourth-order valence-corrected chi connectivity index (χ4v) is 2.37. The summed E-state index contributed by atoms with van der Waals surface area (Å²) < 4.78 is 11.4. The number of nitrogens with one attached hydrogen (secondary N) is 1. The molecule has 1 N–H and O–H groups in total. The van der Waals surface area contributed by atoms with Crippen LogP contribution in [0.3, 0.4) is 0 Å². The fourth-order valence-electron chi connectivity index (χ4n) is 1.44. The first-order valence-electron chi connectivity index (χ1n) is 4.24. The Labute approximate surface area is 94.3 Å². The van der Waals surface area contributed by atoms with E-state index in [2.05, 4.69) is 4.98 Å². The molecule has 0 amide bonds. The number of aromatic amines is 1. The molecule has 2 rings (SSSR count). The predicted molar refractivity (Wildman–Crippen MR) is 61.9 cm³/mol. The van der Waals surface area contributed by atoms with E-state index in [1.807, 2.05) is 0 Å². The highest BCUT2D eigenvalue weighted by atomic mass is 35.5. The summed E-state index contributed by atoms with van der Waals surface area (Å²) >= 11 is 4.62. The summed E-state index contributed by atoms with van der Waals surface area (Å²) in [6, 6.07) is 6.46. The van der Waals surface area contributed by atoms with E-state index >= 15 is 0 Å². The van der Waals surface area contributed by atoms with Crippen LogP contribution in [0.4, 0.5) is 0 Å². The van der Waals surface area contributed by atoms with E-state index in [1.165, 1.54) is 6.07 Å². The van der Waals surface area contributed by atoms with Gasteiger partial charge in [-0.1, -0.05) is 11.6 Å². The van der Waals surface area contributed by atoms with Gasteiger partial charge in [0.15, 0.2) is 4.90 Å². The van der Waals surface area contributed by atoms with Gasteiger partial charge in [0, 0.05) is 5.02 Å². The topological polar surface area (TPSA) is 55.9 Å². The fraction of sp³-hybridized carbons (Fsp3) is 0.100. The van der Waals surface area contributed by atoms with Gasteiger partial charge >= 0.3 is 0 Å². The van der Waals surface area contributed by atoms with Gasteiger partial charge in [-0.2, -0.15) is 0 Å². The molecule has 0 aliphatic heterocycles. The molecule has 1 aromatic heterocycles. The Hall–Kier alpha value is -0.970. The lowest BCUT2D eigenvalue weighted by Crippen LogP contribution is -2.09. The van der Waals surface area contributed by atoms with Crippen LogP contribution in [-0.2, 0) is 11.2 Å². The second-order valence-corrected chi connectivity index (χ2v) is 4.93. The minimum Gasteiger partial charge on any atom is -0.612 e. The number of pyridine rings is 1. The van der Waals surface area contributed by atoms with E-state index < -0.39 is 11.2 Å². The van der Waals surface area contributed by atoms with E-state index in [9.17, 15) is 9.35 Å². The summed E-state index contributed by atoms with van der Waals surface area (Å²) in [5.41, 5.74) is 0.343. The molecule has 1 heterocycles. The first kappa shape index (κ1) is 10.5. The van der Waals surface area contributed by atoms with Gasteiger partial charge < -0.3 is 9.54 Å². The molecule has 0 saturated carbocycles. The Kier molecular flexibility index (Phi) is 2.73. The lowest BCUT2D eigenvalue weighted by atomic mass is 10.2. The van der Waals surface area contributed by atoms with Gasteiger partial charge in [0.25, 0.3) is 5.56 Å². The molecular weight excluding hydrogens is 234 g/mol. The van der Waals surface area contributed by atoms with Crippen molar-refractivity contribution in [2.24, 2.45) is 0 Å². The minimum atomic E-state index is -1.18. The van der Waals surface area contributed by atoms with Crippen LogP contribution < -0.4 is 5.56 Å². The minimum absolute atomic E-state index is 0.269. The highest BCUT2D eigenvalue weighted by Gasteiger charge is 2.11. The third-order valence-electron chi connectivity index (χ3n) is 2.08. The Bertz CT molecular complexity index is 565. The van der Waals surface area contributed by atoms with Crippen molar-refractivity contribution in [3.05, 3.63) is 39.6 Å². The maximum absolute atomic E-state index is 11.4. The van der Waals surface area contributed by atoms with Gasteiger partial charge in [0.05, 0.1) is 17.0 Å². The van der Waals surface area contributed by atoms with Crippen molar-refractivity contribution in [3.63, 3.8) is 0 Å². The van der Waals surface area contributed by atoms with Crippen molar-refractivity contribution < 1.29 is 4.55 Å². The van der Waals surface area contributed by atoms with Crippen molar-refractivity contribution in [2.45, 2.75) is 4.90 Å². The summed E-state index contributed by atoms with van der Waals surface area (Å²) in [5, 5.41) is 1.30. The van der Waals surface area contributed by atoms with Crippen LogP contribution in [0.1, 0.15) is 0 Å². The number of hydrogen-bond acceptors (Lipinski definition) is 2. The van der Waals surface area contributed by atoms with E-state index in [4.69, 9.17) is 11.6 Å². The number of rotatable bonds is 1. The average molecular weight is 242 g/mol. The van der Waals surface area contributed by atoms with Gasteiger partial charge in [0.2, 0.25) is 0 Å². The maximum Gasteiger partial charge on any atom is 0.253 e. The molecule has 1 aromatic carbocycles. The first-order chi connectivity index (χ1) is 7.08. The second-order valence-electron chi connectivity index (χ2n) is 3.14. The van der Waals surface area contributed by atoms with Gasteiger partial charge in [-0.25, -0.2) is 0 Å². The summed E-state index contributed by atoms with van der Waals surface area (Å²) in [4.78, 5) is 14.5. The number of halogens is 1. The van der Waals surface area contributed by atoms with Crippen molar-refractivity contribution in [3.8, 4) is 0 Å². The Balaban J connectivity index is 2.86. The number of hydrogen-bond donors (Lipinski definition) is 1. The predicted octanol–water partition coefficient (Wildman–Crippen LogP) is 1.92. The largest absolute Gasteiger partial charge is 0.612 e. The van der Waals surface area contributed by atoms with Crippen LogP contribution in [-0.4, -0.2) is 15.8 Å². The molecule has 3 nitrogen and oxygen atoms in total. The van der Waals surface area contributed by atoms with E-state index in [0.29, 0.717) is 15.4 Å². The van der Waals surface area contributed by atoms with Crippen LogP contribution in [0.2, 0.25) is 5.02 Å². The van der Waals surface area contributed by atoms with E-state index in [0.717, 1.165) is 5.39 Å². The van der Waals surface area contributed by atoms with Gasteiger partial charge in [0.1, 0.15) is 6.26 Å². The molecule has 5 heteroatoms. The molecule has 1 atom stereocenters. The smallest absolute Gasteiger partial charge is 0.253 e. The van der Waals surface area contributed by atoms with Gasteiger partial charge in [-0.3, -0.25) is 4.79 Å². The van der Waals surface area contributed by atoms with Crippen molar-refractivity contribution in [2.75, 3.05) is 6.26 Å². The first-order valence-corrected chi connectivity index (χ1v) is 6.17. The Morgan fingerprint density at radius 3 is 2.80 bits per heavy atom. The molecule has 78 valence electrons. The zero-order chi connectivity index (χ0) is 11.0. The summed E-state index contributed by atoms with van der Waals surface area (Å²) in [5.74, 6) is 0. The molecule has 0 aliphatic carbocycles. The third-order valence-corrected chi connectivity index (χ3v) is 3.27. The van der Waals surface area contributed by atoms with Crippen LogP contribution in [0.5, 0.6) is 0 Å². The molecular formula is C10H8ClNO2S. The quantitative estimate of drug-likeness (QED) is 0.776. The zero-order valence-corrected chi connectivity index (χ0v) is 9.48. The number of aromatic nitrogens is 1. The molecule has 0 radical (unpaired) electrons. The zero-order valence-electron chi connectivity index (χ0n) is 7.91. The molecule has 1 unspecified atom stereocenters. The van der Waals surface area contributed by atoms with Crippen LogP contribution in [0.15, 0.2) is 34.0 Å². The van der Waals surface area contributed by atoms with Gasteiger partial charge in [-0.15, -0.1) is 0 Å². The molecule has 0 saturated heterocycles. The summed E-state index contributed by atoms with van der Waals surface area (Å²) in [7, 11) is 0. The molecule has 15 heavy (non-hydrogen) atoms. The highest BCUT2D eigenvalue weighted by Crippen LogP contribution is 2.22. The Morgan fingerprint density at radius 1 is 1.40 bits per heavy atom. The second kappa shape index (κ2) is 3.89. The van der Waals surface area contributed by atoms with Crippen molar-refractivity contribution in [1.29, 1.82) is 0 Å². The van der Waals surface area contributed by atoms with Gasteiger partial charge in [-0.05, 0) is 29.4 Å². The highest BCUT2D eigenvalue weighted by molar-refractivity contribution is 7.91. The summed E-state index contributed by atoms with van der Waals surface area (Å²) in [6.07, 6.45) is 1.54. The Morgan fingerprint density at radius 2 is 2.13 bits per heavy atom. The maximum atomic E-state index is 11.4. The molecule has 2 aromatic rings. The lowest BCUT2D eigenvalue weighted by Gasteiger charge is -2.07. The van der Waals surface area contributed by atoms with E-state index in [-0.39, 0.29) is 5.56 Å². The normalized spacial score (nSPS) is 13.0. The number of benzene rings is 1. The number of H-pyrrole nitrogens is 1. The standard InChI is InChI=1S/C10H8ClNO2S/c1-15(14)9-5-10(13)12-8-4-6(11)2-3-7(8)9/h2-5H,1H3,(H,12,13). The average Bonchev–Trinajstić information content (AvgIpc) is 2.15. The molecule has 0 fully saturated rings. The molecule has 0 aliphatic rings.